The van der Waals surface area contributed by atoms with Crippen molar-refractivity contribution in [2.24, 2.45) is 7.05 Å². The number of rotatable bonds is 4. The van der Waals surface area contributed by atoms with Crippen LogP contribution in [0.25, 0.3) is 22.4 Å². The lowest BCUT2D eigenvalue weighted by Gasteiger charge is -2.12. The molecule has 2 aromatic heterocycles. The summed E-state index contributed by atoms with van der Waals surface area (Å²) < 4.78 is 7.47. The fourth-order valence-electron chi connectivity index (χ4n) is 4.23. The van der Waals surface area contributed by atoms with Gasteiger partial charge in [-0.25, -0.2) is 14.8 Å². The van der Waals surface area contributed by atoms with Gasteiger partial charge in [0.1, 0.15) is 7.85 Å². The monoisotopic (exact) mass is 373 g/mol. The van der Waals surface area contributed by atoms with Crippen molar-refractivity contribution in [2.75, 3.05) is 0 Å². The minimum absolute atomic E-state index is 0.149. The third-order valence-corrected chi connectivity index (χ3v) is 5.47. The largest absolute Gasteiger partial charge is 0.459 e. The molecule has 2 radical (unpaired) electrons. The highest BCUT2D eigenvalue weighted by Gasteiger charge is 2.28. The Morgan fingerprint density at radius 3 is 2.54 bits per heavy atom. The second-order valence-corrected chi connectivity index (χ2v) is 7.83. The normalized spacial score (nSPS) is 14.9. The molecule has 1 saturated carbocycles. The number of esters is 1. The third kappa shape index (κ3) is 3.32. The van der Waals surface area contributed by atoms with Crippen molar-refractivity contribution in [3.63, 3.8) is 0 Å². The van der Waals surface area contributed by atoms with Crippen LogP contribution in [0.15, 0.2) is 30.6 Å². The van der Waals surface area contributed by atoms with Gasteiger partial charge < -0.3 is 9.30 Å². The molecule has 0 saturated heterocycles. The van der Waals surface area contributed by atoms with Crippen LogP contribution in [0, 0.1) is 0 Å². The Balaban J connectivity index is 1.91. The number of ether oxygens (including phenoxy) is 1. The average Bonchev–Trinajstić information content (AvgIpc) is 3.28. The summed E-state index contributed by atoms with van der Waals surface area (Å²) in [5.74, 6) is 0.847. The van der Waals surface area contributed by atoms with E-state index in [9.17, 15) is 4.79 Å². The second kappa shape index (κ2) is 7.42. The van der Waals surface area contributed by atoms with Crippen molar-refractivity contribution in [1.82, 2.24) is 14.5 Å². The standard InChI is InChI=1S/C22H24BN3O2/c1-13(2)28-22(27)15-8-9-17-18(10-15)26(3)20(19(17)14-6-4-5-7-14)21-24-11-16(23)12-25-21/h8-14H,4-7H2,1-3H3. The van der Waals surface area contributed by atoms with Crippen molar-refractivity contribution in [3.8, 4) is 11.5 Å². The summed E-state index contributed by atoms with van der Waals surface area (Å²) in [6.07, 6.45) is 7.94. The fraction of sp³-hybridized carbons (Fsp3) is 0.409. The number of aryl methyl sites for hydroxylation is 1. The van der Waals surface area contributed by atoms with Gasteiger partial charge >= 0.3 is 5.97 Å². The zero-order valence-corrected chi connectivity index (χ0v) is 16.6. The number of aromatic nitrogens is 3. The summed E-state index contributed by atoms with van der Waals surface area (Å²) in [6, 6.07) is 5.82. The molecule has 0 N–H and O–H groups in total. The highest BCUT2D eigenvalue weighted by atomic mass is 16.5. The van der Waals surface area contributed by atoms with Crippen LogP contribution in [-0.2, 0) is 11.8 Å². The molecule has 0 aliphatic heterocycles. The number of fused-ring (bicyclic) bond motifs is 1. The highest BCUT2D eigenvalue weighted by Crippen LogP contribution is 2.43. The number of hydrogen-bond donors (Lipinski definition) is 0. The van der Waals surface area contributed by atoms with Gasteiger partial charge in [-0.1, -0.05) is 24.4 Å². The molecular formula is C22H24BN3O2. The molecular weight excluding hydrogens is 349 g/mol. The van der Waals surface area contributed by atoms with E-state index in [0.29, 0.717) is 22.8 Å². The van der Waals surface area contributed by atoms with Crippen molar-refractivity contribution < 1.29 is 9.53 Å². The fourth-order valence-corrected chi connectivity index (χ4v) is 4.23. The molecule has 3 aromatic rings. The van der Waals surface area contributed by atoms with Crippen molar-refractivity contribution in [1.29, 1.82) is 0 Å². The van der Waals surface area contributed by atoms with E-state index in [-0.39, 0.29) is 12.1 Å². The smallest absolute Gasteiger partial charge is 0.338 e. The maximum Gasteiger partial charge on any atom is 0.338 e. The molecule has 1 fully saturated rings. The number of benzene rings is 1. The molecule has 1 aliphatic carbocycles. The first kappa shape index (κ1) is 18.7. The van der Waals surface area contributed by atoms with Crippen LogP contribution in [0.4, 0.5) is 0 Å². The first-order valence-corrected chi connectivity index (χ1v) is 9.87. The molecule has 5 nitrogen and oxygen atoms in total. The average molecular weight is 373 g/mol. The van der Waals surface area contributed by atoms with Gasteiger partial charge in [-0.2, -0.15) is 0 Å². The van der Waals surface area contributed by atoms with Crippen molar-refractivity contribution >= 4 is 30.2 Å². The van der Waals surface area contributed by atoms with Gasteiger partial charge in [0.15, 0.2) is 5.82 Å². The third-order valence-electron chi connectivity index (χ3n) is 5.47. The molecule has 1 aromatic carbocycles. The molecule has 0 spiro atoms. The van der Waals surface area contributed by atoms with E-state index in [4.69, 9.17) is 12.6 Å². The number of hydrogen-bond acceptors (Lipinski definition) is 4. The van der Waals surface area contributed by atoms with Crippen LogP contribution in [0.2, 0.25) is 0 Å². The quantitative estimate of drug-likeness (QED) is 0.518. The lowest BCUT2D eigenvalue weighted by molar-refractivity contribution is 0.0378. The first-order chi connectivity index (χ1) is 13.5. The van der Waals surface area contributed by atoms with E-state index in [1.807, 2.05) is 39.1 Å². The lowest BCUT2D eigenvalue weighted by Crippen LogP contribution is -2.11. The van der Waals surface area contributed by atoms with Crippen LogP contribution in [-0.4, -0.2) is 34.5 Å². The van der Waals surface area contributed by atoms with E-state index in [1.165, 1.54) is 18.4 Å². The predicted octanol–water partition coefficient (Wildman–Crippen LogP) is 3.65. The Morgan fingerprint density at radius 1 is 1.21 bits per heavy atom. The van der Waals surface area contributed by atoms with E-state index in [2.05, 4.69) is 14.5 Å². The predicted molar refractivity (Wildman–Crippen MR) is 111 cm³/mol. The van der Waals surface area contributed by atoms with Gasteiger partial charge in [-0.3, -0.25) is 0 Å². The summed E-state index contributed by atoms with van der Waals surface area (Å²) in [5.41, 5.74) is 4.39. The Bertz CT molecular complexity index is 1020. The number of carbonyl (C=O) groups excluding carboxylic acids is 1. The van der Waals surface area contributed by atoms with Gasteiger partial charge in [-0.15, -0.1) is 0 Å². The van der Waals surface area contributed by atoms with Crippen molar-refractivity contribution in [2.45, 2.75) is 51.6 Å². The Hall–Kier alpha value is -2.63. The first-order valence-electron chi connectivity index (χ1n) is 9.87. The van der Waals surface area contributed by atoms with Gasteiger partial charge in [0, 0.05) is 30.3 Å². The highest BCUT2D eigenvalue weighted by molar-refractivity contribution is 6.31. The van der Waals surface area contributed by atoms with Crippen LogP contribution < -0.4 is 5.46 Å². The van der Waals surface area contributed by atoms with Crippen LogP contribution in [0.5, 0.6) is 0 Å². The zero-order valence-electron chi connectivity index (χ0n) is 16.6. The lowest BCUT2D eigenvalue weighted by atomic mass is 9.93. The Labute approximate surface area is 166 Å². The zero-order chi connectivity index (χ0) is 19.8. The van der Waals surface area contributed by atoms with Gasteiger partial charge in [0.25, 0.3) is 0 Å². The summed E-state index contributed by atoms with van der Waals surface area (Å²) in [7, 11) is 7.80. The van der Waals surface area contributed by atoms with Crippen LogP contribution in [0.3, 0.4) is 0 Å². The summed E-state index contributed by atoms with van der Waals surface area (Å²) in [5, 5.41) is 1.16. The molecule has 6 heteroatoms. The maximum absolute atomic E-state index is 12.4. The molecule has 0 bridgehead atoms. The summed E-state index contributed by atoms with van der Waals surface area (Å²) >= 11 is 0. The molecule has 2 heterocycles. The summed E-state index contributed by atoms with van der Waals surface area (Å²) in [4.78, 5) is 21.4. The SMILES string of the molecule is [B]c1cnc(-c2c(C3CCCC3)c3ccc(C(=O)OC(C)C)cc3n2C)nc1. The van der Waals surface area contributed by atoms with E-state index in [1.54, 1.807) is 12.4 Å². The molecule has 0 atom stereocenters. The van der Waals surface area contributed by atoms with Gasteiger partial charge in [0.05, 0.1) is 17.4 Å². The Kier molecular flexibility index (Phi) is 4.96. The number of nitrogens with zero attached hydrogens (tertiary/aromatic N) is 3. The van der Waals surface area contributed by atoms with E-state index < -0.39 is 0 Å². The molecule has 1 aliphatic rings. The summed E-state index contributed by atoms with van der Waals surface area (Å²) in [6.45, 7) is 3.71. The van der Waals surface area contributed by atoms with Crippen molar-refractivity contribution in [3.05, 3.63) is 41.7 Å². The Morgan fingerprint density at radius 2 is 1.89 bits per heavy atom. The molecule has 0 unspecified atom stereocenters. The molecule has 0 amide bonds. The van der Waals surface area contributed by atoms with E-state index in [0.717, 1.165) is 29.4 Å². The topological polar surface area (TPSA) is 57.0 Å². The van der Waals surface area contributed by atoms with Crippen LogP contribution in [0.1, 0.15) is 61.4 Å². The molecule has 142 valence electrons. The minimum atomic E-state index is -0.300. The van der Waals surface area contributed by atoms with Gasteiger partial charge in [0.2, 0.25) is 0 Å². The second-order valence-electron chi connectivity index (χ2n) is 7.83. The number of carbonyl (C=O) groups is 1. The maximum atomic E-state index is 12.4. The van der Waals surface area contributed by atoms with E-state index >= 15 is 0 Å². The van der Waals surface area contributed by atoms with Gasteiger partial charge in [-0.05, 0) is 50.3 Å². The molecule has 4 rings (SSSR count). The molecule has 28 heavy (non-hydrogen) atoms. The minimum Gasteiger partial charge on any atom is -0.459 e. The van der Waals surface area contributed by atoms with Crippen LogP contribution >= 0.6 is 0 Å².